The van der Waals surface area contributed by atoms with E-state index < -0.39 is 12.1 Å². The molecule has 0 bridgehead atoms. The molecule has 0 aromatic carbocycles. The van der Waals surface area contributed by atoms with Crippen LogP contribution in [0.15, 0.2) is 12.3 Å². The highest BCUT2D eigenvalue weighted by atomic mass is 16.4. The maximum absolute atomic E-state index is 9.92. The fraction of sp³-hybridized carbons (Fsp3) is 0.571. The summed E-state index contributed by atoms with van der Waals surface area (Å²) in [5.41, 5.74) is 0. The van der Waals surface area contributed by atoms with Gasteiger partial charge in [-0.2, -0.15) is 0 Å². The van der Waals surface area contributed by atoms with Crippen LogP contribution in [0.4, 0.5) is 0 Å². The third kappa shape index (κ3) is 6.86. The molecule has 0 aliphatic rings. The number of nitrogens with one attached hydrogen (secondary N) is 1. The predicted octanol–water partition coefficient (Wildman–Crippen LogP) is -0.0548. The van der Waals surface area contributed by atoms with E-state index in [0.29, 0.717) is 13.0 Å². The van der Waals surface area contributed by atoms with Crippen molar-refractivity contribution in [2.75, 3.05) is 6.54 Å². The highest BCUT2D eigenvalue weighted by Gasteiger charge is 1.95. The largest absolute Gasteiger partial charge is 0.478 e. The number of carbonyl (C=O) groups is 1. The van der Waals surface area contributed by atoms with Crippen molar-refractivity contribution in [2.45, 2.75) is 19.4 Å². The van der Waals surface area contributed by atoms with Crippen LogP contribution in [0.3, 0.4) is 0 Å². The van der Waals surface area contributed by atoms with Crippen LogP contribution in [0.1, 0.15) is 13.3 Å². The molecule has 4 heteroatoms. The van der Waals surface area contributed by atoms with Gasteiger partial charge in [-0.25, -0.2) is 4.79 Å². The smallest absolute Gasteiger partial charge is 0.329 e. The number of aliphatic carboxylic acids is 1. The number of aliphatic hydroxyl groups excluding tert-OH is 1. The lowest BCUT2D eigenvalue weighted by molar-refractivity contribution is -0.131. The van der Waals surface area contributed by atoms with Crippen molar-refractivity contribution in [1.29, 1.82) is 0 Å². The Morgan fingerprint density at radius 2 is 2.36 bits per heavy atom. The molecule has 1 atom stereocenters. The van der Waals surface area contributed by atoms with Gasteiger partial charge in [0.15, 0.2) is 0 Å². The molecule has 0 aromatic rings. The molecule has 3 N–H and O–H groups in total. The van der Waals surface area contributed by atoms with Crippen LogP contribution in [0.25, 0.3) is 0 Å². The fourth-order valence-corrected chi connectivity index (χ4v) is 0.479. The van der Waals surface area contributed by atoms with Gasteiger partial charge in [0.1, 0.15) is 0 Å². The fourth-order valence-electron chi connectivity index (χ4n) is 0.479. The molecule has 64 valence electrons. The topological polar surface area (TPSA) is 69.6 Å². The molecule has 0 fully saturated rings. The first-order valence-electron chi connectivity index (χ1n) is 3.47. The second kappa shape index (κ2) is 5.73. The average Bonchev–Trinajstić information content (AvgIpc) is 1.97. The van der Waals surface area contributed by atoms with Crippen molar-refractivity contribution in [3.05, 3.63) is 12.3 Å². The van der Waals surface area contributed by atoms with E-state index in [1.54, 1.807) is 0 Å². The summed E-state index contributed by atoms with van der Waals surface area (Å²) in [7, 11) is 0. The molecule has 0 aliphatic carbocycles. The summed E-state index contributed by atoms with van der Waals surface area (Å²) in [4.78, 5) is 9.92. The Hall–Kier alpha value is -1.03. The van der Waals surface area contributed by atoms with Crippen molar-refractivity contribution < 1.29 is 15.0 Å². The third-order valence-electron chi connectivity index (χ3n) is 1.17. The zero-order chi connectivity index (χ0) is 8.69. The SMILES string of the molecule is CCC(O)CN/C=C/C(=O)O. The minimum atomic E-state index is -0.997. The molecule has 0 aliphatic heterocycles. The molecule has 0 heterocycles. The summed E-state index contributed by atoms with van der Waals surface area (Å²) < 4.78 is 0. The Morgan fingerprint density at radius 1 is 1.73 bits per heavy atom. The molecular formula is C7H13NO3. The summed E-state index contributed by atoms with van der Waals surface area (Å²) >= 11 is 0. The molecule has 0 radical (unpaired) electrons. The summed E-state index contributed by atoms with van der Waals surface area (Å²) in [5.74, 6) is -0.997. The zero-order valence-electron chi connectivity index (χ0n) is 6.45. The number of hydrogen-bond acceptors (Lipinski definition) is 3. The summed E-state index contributed by atoms with van der Waals surface area (Å²) in [5, 5.41) is 19.8. The van der Waals surface area contributed by atoms with Crippen LogP contribution in [0.2, 0.25) is 0 Å². The highest BCUT2D eigenvalue weighted by molar-refractivity contribution is 5.79. The van der Waals surface area contributed by atoms with Gasteiger partial charge < -0.3 is 15.5 Å². The number of carboxylic acids is 1. The van der Waals surface area contributed by atoms with Crippen LogP contribution in [0, 0.1) is 0 Å². The molecule has 0 rings (SSSR count). The second-order valence-electron chi connectivity index (χ2n) is 2.14. The van der Waals surface area contributed by atoms with Crippen molar-refractivity contribution in [3.63, 3.8) is 0 Å². The number of carboxylic acid groups (broad SMARTS) is 1. The lowest BCUT2D eigenvalue weighted by atomic mass is 10.3. The lowest BCUT2D eigenvalue weighted by Gasteiger charge is -2.05. The van der Waals surface area contributed by atoms with Crippen molar-refractivity contribution in [1.82, 2.24) is 5.32 Å². The molecule has 0 saturated carbocycles. The molecule has 0 amide bonds. The van der Waals surface area contributed by atoms with Gasteiger partial charge in [-0.1, -0.05) is 6.92 Å². The van der Waals surface area contributed by atoms with E-state index in [2.05, 4.69) is 5.32 Å². The molecule has 4 nitrogen and oxygen atoms in total. The molecular weight excluding hydrogens is 146 g/mol. The van der Waals surface area contributed by atoms with Gasteiger partial charge in [0.05, 0.1) is 6.10 Å². The predicted molar refractivity (Wildman–Crippen MR) is 41.1 cm³/mol. The summed E-state index contributed by atoms with van der Waals surface area (Å²) in [6.07, 6.45) is 2.55. The van der Waals surface area contributed by atoms with Crippen LogP contribution < -0.4 is 5.32 Å². The maximum Gasteiger partial charge on any atom is 0.329 e. The molecule has 0 spiro atoms. The van der Waals surface area contributed by atoms with Crippen LogP contribution >= 0.6 is 0 Å². The van der Waals surface area contributed by atoms with E-state index >= 15 is 0 Å². The standard InChI is InChI=1S/C7H13NO3/c1-2-6(9)5-8-4-3-7(10)11/h3-4,6,8-9H,2,5H2,1H3,(H,10,11)/b4-3+. The first-order chi connectivity index (χ1) is 5.16. The van der Waals surface area contributed by atoms with Gasteiger partial charge in [-0.05, 0) is 6.42 Å². The molecule has 1 unspecified atom stereocenters. The van der Waals surface area contributed by atoms with E-state index in [4.69, 9.17) is 10.2 Å². The summed E-state index contributed by atoms with van der Waals surface area (Å²) in [6, 6.07) is 0. The Bertz CT molecular complexity index is 145. The second-order valence-corrected chi connectivity index (χ2v) is 2.14. The van der Waals surface area contributed by atoms with Crippen molar-refractivity contribution >= 4 is 5.97 Å². The van der Waals surface area contributed by atoms with Crippen LogP contribution in [-0.2, 0) is 4.79 Å². The van der Waals surface area contributed by atoms with E-state index in [1.165, 1.54) is 6.20 Å². The normalized spacial score (nSPS) is 13.3. The highest BCUT2D eigenvalue weighted by Crippen LogP contribution is 1.85. The van der Waals surface area contributed by atoms with Gasteiger partial charge in [0.2, 0.25) is 0 Å². The Morgan fingerprint density at radius 3 is 2.82 bits per heavy atom. The van der Waals surface area contributed by atoms with Gasteiger partial charge in [0.25, 0.3) is 0 Å². The van der Waals surface area contributed by atoms with E-state index in [9.17, 15) is 4.79 Å². The quantitative estimate of drug-likeness (QED) is 0.492. The minimum Gasteiger partial charge on any atom is -0.478 e. The lowest BCUT2D eigenvalue weighted by Crippen LogP contribution is -2.21. The number of aliphatic hydroxyl groups is 1. The van der Waals surface area contributed by atoms with Gasteiger partial charge in [-0.3, -0.25) is 0 Å². The van der Waals surface area contributed by atoms with Crippen LogP contribution in [0.5, 0.6) is 0 Å². The van der Waals surface area contributed by atoms with Gasteiger partial charge in [0, 0.05) is 18.8 Å². The Labute approximate surface area is 65.5 Å². The summed E-state index contributed by atoms with van der Waals surface area (Å²) in [6.45, 7) is 2.24. The molecule has 0 aromatic heterocycles. The van der Waals surface area contributed by atoms with E-state index in [1.807, 2.05) is 6.92 Å². The minimum absolute atomic E-state index is 0.389. The maximum atomic E-state index is 9.92. The number of hydrogen-bond donors (Lipinski definition) is 3. The average molecular weight is 159 g/mol. The molecule has 0 saturated heterocycles. The first-order valence-corrected chi connectivity index (χ1v) is 3.47. The first kappa shape index (κ1) is 9.97. The molecule has 11 heavy (non-hydrogen) atoms. The zero-order valence-corrected chi connectivity index (χ0v) is 6.45. The van der Waals surface area contributed by atoms with E-state index in [0.717, 1.165) is 6.08 Å². The number of rotatable bonds is 5. The van der Waals surface area contributed by atoms with Crippen molar-refractivity contribution in [2.24, 2.45) is 0 Å². The van der Waals surface area contributed by atoms with Crippen LogP contribution in [-0.4, -0.2) is 28.8 Å². The van der Waals surface area contributed by atoms with E-state index in [-0.39, 0.29) is 0 Å². The Kier molecular flexibility index (Phi) is 5.20. The van der Waals surface area contributed by atoms with Crippen molar-refractivity contribution in [3.8, 4) is 0 Å². The van der Waals surface area contributed by atoms with Gasteiger partial charge in [-0.15, -0.1) is 0 Å². The monoisotopic (exact) mass is 159 g/mol. The van der Waals surface area contributed by atoms with Gasteiger partial charge >= 0.3 is 5.97 Å². The Balaban J connectivity index is 3.33. The third-order valence-corrected chi connectivity index (χ3v) is 1.17.